The van der Waals surface area contributed by atoms with Gasteiger partial charge in [-0.2, -0.15) is 0 Å². The highest BCUT2D eigenvalue weighted by Gasteiger charge is 2.19. The highest BCUT2D eigenvalue weighted by molar-refractivity contribution is 5.88. The summed E-state index contributed by atoms with van der Waals surface area (Å²) in [6.07, 6.45) is 2.61. The Morgan fingerprint density at radius 1 is 1.37 bits per heavy atom. The summed E-state index contributed by atoms with van der Waals surface area (Å²) in [5.41, 5.74) is 2.10. The molecule has 1 atom stereocenters. The Hall–Kier alpha value is -1.39. The lowest BCUT2D eigenvalue weighted by molar-refractivity contribution is -0.114. The van der Waals surface area contributed by atoms with Gasteiger partial charge in [0, 0.05) is 31.7 Å². The fraction of sp³-hybridized carbons (Fsp3) is 0.533. The van der Waals surface area contributed by atoms with E-state index in [2.05, 4.69) is 34.7 Å². The molecule has 1 aromatic rings. The molecule has 0 aromatic heterocycles. The highest BCUT2D eigenvalue weighted by atomic mass is 16.1. The molecule has 1 fully saturated rings. The van der Waals surface area contributed by atoms with Gasteiger partial charge in [-0.05, 0) is 44.1 Å². The summed E-state index contributed by atoms with van der Waals surface area (Å²) in [6.45, 7) is 4.67. The average Bonchev–Trinajstić information content (AvgIpc) is 2.77. The molecule has 2 N–H and O–H groups in total. The maximum atomic E-state index is 10.9. The van der Waals surface area contributed by atoms with Gasteiger partial charge in [0.25, 0.3) is 0 Å². The van der Waals surface area contributed by atoms with Gasteiger partial charge in [0.15, 0.2) is 0 Å². The van der Waals surface area contributed by atoms with Crippen LogP contribution in [0.5, 0.6) is 0 Å². The number of benzene rings is 1. The average molecular weight is 261 g/mol. The first-order valence-corrected chi connectivity index (χ1v) is 6.92. The van der Waals surface area contributed by atoms with Crippen LogP contribution in [0.2, 0.25) is 0 Å². The zero-order chi connectivity index (χ0) is 13.7. The first-order valence-electron chi connectivity index (χ1n) is 6.92. The second-order valence-electron chi connectivity index (χ2n) is 5.29. The van der Waals surface area contributed by atoms with Crippen molar-refractivity contribution in [3.8, 4) is 0 Å². The SMILES string of the molecule is CC(=O)Nc1ccc(CNCC2CCCN2C)cc1. The molecule has 1 heterocycles. The van der Waals surface area contributed by atoms with E-state index in [0.29, 0.717) is 6.04 Å². The number of hydrogen-bond donors (Lipinski definition) is 2. The van der Waals surface area contributed by atoms with Gasteiger partial charge in [-0.3, -0.25) is 4.79 Å². The fourth-order valence-electron chi connectivity index (χ4n) is 2.53. The molecule has 0 bridgehead atoms. The van der Waals surface area contributed by atoms with E-state index >= 15 is 0 Å². The number of hydrogen-bond acceptors (Lipinski definition) is 3. The molecule has 1 saturated heterocycles. The highest BCUT2D eigenvalue weighted by Crippen LogP contribution is 2.14. The Bertz CT molecular complexity index is 416. The van der Waals surface area contributed by atoms with Gasteiger partial charge in [0.1, 0.15) is 0 Å². The third-order valence-electron chi connectivity index (χ3n) is 3.65. The number of likely N-dealkylation sites (tertiary alicyclic amines) is 1. The number of amides is 1. The van der Waals surface area contributed by atoms with E-state index < -0.39 is 0 Å². The minimum absolute atomic E-state index is 0.0323. The second kappa shape index (κ2) is 6.68. The zero-order valence-corrected chi connectivity index (χ0v) is 11.8. The Morgan fingerprint density at radius 3 is 2.68 bits per heavy atom. The number of nitrogens with one attached hydrogen (secondary N) is 2. The van der Waals surface area contributed by atoms with E-state index in [0.717, 1.165) is 18.8 Å². The summed E-state index contributed by atoms with van der Waals surface area (Å²) in [5.74, 6) is -0.0323. The van der Waals surface area contributed by atoms with Crippen LogP contribution in [0.4, 0.5) is 5.69 Å². The van der Waals surface area contributed by atoms with Gasteiger partial charge in [-0.15, -0.1) is 0 Å². The molecular formula is C15H23N3O. The number of likely N-dealkylation sites (N-methyl/N-ethyl adjacent to an activating group) is 1. The molecule has 0 spiro atoms. The standard InChI is InChI=1S/C15H23N3O/c1-12(19)17-14-7-5-13(6-8-14)10-16-11-15-4-3-9-18(15)2/h5-8,15-16H,3-4,9-11H2,1-2H3,(H,17,19). The second-order valence-corrected chi connectivity index (χ2v) is 5.29. The van der Waals surface area contributed by atoms with Crippen molar-refractivity contribution in [2.24, 2.45) is 0 Å². The molecule has 0 aliphatic carbocycles. The summed E-state index contributed by atoms with van der Waals surface area (Å²) in [6, 6.07) is 8.67. The fourth-order valence-corrected chi connectivity index (χ4v) is 2.53. The predicted octanol–water partition coefficient (Wildman–Crippen LogP) is 1.83. The van der Waals surface area contributed by atoms with E-state index in [-0.39, 0.29) is 5.91 Å². The van der Waals surface area contributed by atoms with E-state index in [4.69, 9.17) is 0 Å². The van der Waals surface area contributed by atoms with Gasteiger partial charge in [0.2, 0.25) is 5.91 Å². The summed E-state index contributed by atoms with van der Waals surface area (Å²) >= 11 is 0. The largest absolute Gasteiger partial charge is 0.326 e. The van der Waals surface area contributed by atoms with E-state index in [1.165, 1.54) is 31.9 Å². The molecule has 1 aromatic carbocycles. The van der Waals surface area contributed by atoms with E-state index in [1.54, 1.807) is 0 Å². The molecule has 1 unspecified atom stereocenters. The van der Waals surface area contributed by atoms with Crippen LogP contribution >= 0.6 is 0 Å². The van der Waals surface area contributed by atoms with Gasteiger partial charge in [-0.1, -0.05) is 12.1 Å². The molecule has 104 valence electrons. The van der Waals surface area contributed by atoms with E-state index in [1.807, 2.05) is 12.1 Å². The maximum Gasteiger partial charge on any atom is 0.221 e. The lowest BCUT2D eigenvalue weighted by Gasteiger charge is -2.19. The zero-order valence-electron chi connectivity index (χ0n) is 11.8. The van der Waals surface area contributed by atoms with Crippen molar-refractivity contribution in [1.82, 2.24) is 10.2 Å². The lowest BCUT2D eigenvalue weighted by atomic mass is 10.2. The van der Waals surface area contributed by atoms with Gasteiger partial charge >= 0.3 is 0 Å². The molecule has 19 heavy (non-hydrogen) atoms. The van der Waals surface area contributed by atoms with Crippen molar-refractivity contribution in [3.63, 3.8) is 0 Å². The minimum Gasteiger partial charge on any atom is -0.326 e. The van der Waals surface area contributed by atoms with Crippen LogP contribution in [0.3, 0.4) is 0 Å². The normalized spacial score (nSPS) is 19.6. The number of rotatable bonds is 5. The van der Waals surface area contributed by atoms with Crippen LogP contribution in [0, 0.1) is 0 Å². The monoisotopic (exact) mass is 261 g/mol. The molecular weight excluding hydrogens is 238 g/mol. The molecule has 1 aliphatic heterocycles. The number of carbonyl (C=O) groups excluding carboxylic acids is 1. The van der Waals surface area contributed by atoms with Crippen LogP contribution in [-0.4, -0.2) is 37.0 Å². The van der Waals surface area contributed by atoms with Crippen molar-refractivity contribution in [2.75, 3.05) is 25.5 Å². The van der Waals surface area contributed by atoms with Crippen molar-refractivity contribution in [1.29, 1.82) is 0 Å². The smallest absolute Gasteiger partial charge is 0.221 e. The molecule has 2 rings (SSSR count). The number of carbonyl (C=O) groups is 1. The minimum atomic E-state index is -0.0323. The van der Waals surface area contributed by atoms with Crippen molar-refractivity contribution >= 4 is 11.6 Å². The van der Waals surface area contributed by atoms with Gasteiger partial charge < -0.3 is 15.5 Å². The quantitative estimate of drug-likeness (QED) is 0.850. The summed E-state index contributed by atoms with van der Waals surface area (Å²) < 4.78 is 0. The maximum absolute atomic E-state index is 10.9. The Morgan fingerprint density at radius 2 is 2.11 bits per heavy atom. The Labute approximate surface area is 115 Å². The lowest BCUT2D eigenvalue weighted by Crippen LogP contribution is -2.35. The summed E-state index contributed by atoms with van der Waals surface area (Å²) in [5, 5.41) is 6.28. The first kappa shape index (κ1) is 14.0. The van der Waals surface area contributed by atoms with Crippen molar-refractivity contribution in [2.45, 2.75) is 32.4 Å². The molecule has 1 amide bonds. The third kappa shape index (κ3) is 4.33. The molecule has 0 saturated carbocycles. The van der Waals surface area contributed by atoms with Crippen LogP contribution in [0.1, 0.15) is 25.3 Å². The topological polar surface area (TPSA) is 44.4 Å². The third-order valence-corrected chi connectivity index (χ3v) is 3.65. The van der Waals surface area contributed by atoms with E-state index in [9.17, 15) is 4.79 Å². The van der Waals surface area contributed by atoms with Crippen LogP contribution < -0.4 is 10.6 Å². The van der Waals surface area contributed by atoms with Crippen LogP contribution in [-0.2, 0) is 11.3 Å². The van der Waals surface area contributed by atoms with Crippen molar-refractivity contribution in [3.05, 3.63) is 29.8 Å². The summed E-state index contributed by atoms with van der Waals surface area (Å²) in [7, 11) is 2.20. The van der Waals surface area contributed by atoms with Gasteiger partial charge in [-0.25, -0.2) is 0 Å². The molecule has 0 radical (unpaired) electrons. The molecule has 4 nitrogen and oxygen atoms in total. The van der Waals surface area contributed by atoms with Crippen LogP contribution in [0.25, 0.3) is 0 Å². The van der Waals surface area contributed by atoms with Crippen molar-refractivity contribution < 1.29 is 4.79 Å². The molecule has 4 heteroatoms. The Kier molecular flexibility index (Phi) is 4.93. The first-order chi connectivity index (χ1) is 9.15. The number of anilines is 1. The number of nitrogens with zero attached hydrogens (tertiary/aromatic N) is 1. The predicted molar refractivity (Wildman–Crippen MR) is 78.1 cm³/mol. The van der Waals surface area contributed by atoms with Gasteiger partial charge in [0.05, 0.1) is 0 Å². The molecule has 1 aliphatic rings. The Balaban J connectivity index is 1.75. The van der Waals surface area contributed by atoms with Crippen LogP contribution in [0.15, 0.2) is 24.3 Å². The summed E-state index contributed by atoms with van der Waals surface area (Å²) in [4.78, 5) is 13.3.